The van der Waals surface area contributed by atoms with Crippen molar-refractivity contribution in [3.8, 4) is 0 Å². The highest BCUT2D eigenvalue weighted by Gasteiger charge is 2.32. The molecule has 0 aromatic carbocycles. The average molecular weight is 274 g/mol. The molecule has 1 heterocycles. The Morgan fingerprint density at radius 3 is 2.46 bits per heavy atom. The number of nitrogens with zero attached hydrogens (tertiary/aromatic N) is 1. The zero-order valence-corrected chi connectivity index (χ0v) is 8.54. The minimum atomic E-state index is -4.44. The van der Waals surface area contributed by atoms with E-state index >= 15 is 0 Å². The number of rotatable bonds is 1. The lowest BCUT2D eigenvalue weighted by atomic mass is 10.3. The maximum absolute atomic E-state index is 12.1. The summed E-state index contributed by atoms with van der Waals surface area (Å²) in [6.45, 7) is 0. The lowest BCUT2D eigenvalue weighted by Crippen LogP contribution is -2.08. The molecule has 0 spiro atoms. The molecule has 1 aromatic heterocycles. The van der Waals surface area contributed by atoms with Crippen molar-refractivity contribution >= 4 is 27.5 Å². The van der Waals surface area contributed by atoms with E-state index in [4.69, 9.17) is 11.6 Å². The van der Waals surface area contributed by atoms with Gasteiger partial charge in [-0.25, -0.2) is 4.98 Å². The van der Waals surface area contributed by atoms with Gasteiger partial charge in [0, 0.05) is 10.4 Å². The third kappa shape index (κ3) is 2.84. The van der Waals surface area contributed by atoms with Gasteiger partial charge in [-0.1, -0.05) is 27.5 Å². The molecule has 0 N–H and O–H groups in total. The Morgan fingerprint density at radius 1 is 1.38 bits per heavy atom. The van der Waals surface area contributed by atoms with Gasteiger partial charge in [0.2, 0.25) is 0 Å². The summed E-state index contributed by atoms with van der Waals surface area (Å²) >= 11 is 8.48. The number of hydrogen-bond donors (Lipinski definition) is 0. The normalized spacial score (nSPS) is 11.8. The van der Waals surface area contributed by atoms with Gasteiger partial charge in [0.05, 0.1) is 5.69 Å². The summed E-state index contributed by atoms with van der Waals surface area (Å²) in [7, 11) is 0. The molecule has 0 aliphatic heterocycles. The van der Waals surface area contributed by atoms with Crippen molar-refractivity contribution in [2.45, 2.75) is 11.5 Å². The van der Waals surface area contributed by atoms with Gasteiger partial charge in [-0.15, -0.1) is 0 Å². The zero-order chi connectivity index (χ0) is 10.1. The first-order valence-electron chi connectivity index (χ1n) is 3.23. The highest BCUT2D eigenvalue weighted by Crippen LogP contribution is 2.29. The predicted octanol–water partition coefficient (Wildman–Crippen LogP) is 3.65. The molecule has 0 bridgehead atoms. The van der Waals surface area contributed by atoms with Crippen LogP contribution in [0.3, 0.4) is 0 Å². The SMILES string of the molecule is FC(F)(F)c1cc(Cl)cc(CBr)n1. The van der Waals surface area contributed by atoms with Crippen molar-refractivity contribution in [3.63, 3.8) is 0 Å². The molecule has 0 radical (unpaired) electrons. The number of hydrogen-bond acceptors (Lipinski definition) is 1. The summed E-state index contributed by atoms with van der Waals surface area (Å²) in [5.74, 6) is 0. The molecule has 6 heteroatoms. The molecule has 0 aliphatic carbocycles. The Morgan fingerprint density at radius 2 is 2.00 bits per heavy atom. The first-order valence-corrected chi connectivity index (χ1v) is 4.73. The Labute approximate surface area is 86.0 Å². The van der Waals surface area contributed by atoms with Gasteiger partial charge in [0.25, 0.3) is 0 Å². The predicted molar refractivity (Wildman–Crippen MR) is 46.9 cm³/mol. The van der Waals surface area contributed by atoms with E-state index in [0.29, 0.717) is 0 Å². The van der Waals surface area contributed by atoms with E-state index in [-0.39, 0.29) is 16.0 Å². The molecule has 1 nitrogen and oxygen atoms in total. The fraction of sp³-hybridized carbons (Fsp3) is 0.286. The molecular formula is C7H4BrClF3N. The van der Waals surface area contributed by atoms with E-state index in [1.54, 1.807) is 0 Å². The summed E-state index contributed by atoms with van der Waals surface area (Å²) in [5, 5.41) is 0.285. The van der Waals surface area contributed by atoms with Crippen molar-refractivity contribution in [2.24, 2.45) is 0 Å². The molecule has 72 valence electrons. The van der Waals surface area contributed by atoms with Crippen LogP contribution in [0.4, 0.5) is 13.2 Å². The average Bonchev–Trinajstić information content (AvgIpc) is 2.01. The summed E-state index contributed by atoms with van der Waals surface area (Å²) < 4.78 is 36.4. The summed E-state index contributed by atoms with van der Waals surface area (Å²) in [6.07, 6.45) is -4.44. The Kier molecular flexibility index (Phi) is 3.18. The van der Waals surface area contributed by atoms with Crippen molar-refractivity contribution in [3.05, 3.63) is 28.5 Å². The van der Waals surface area contributed by atoms with E-state index in [0.717, 1.165) is 6.07 Å². The smallest absolute Gasteiger partial charge is 0.247 e. The molecule has 1 rings (SSSR count). The van der Waals surface area contributed by atoms with Crippen LogP contribution >= 0.6 is 27.5 Å². The Bertz CT molecular complexity index is 313. The van der Waals surface area contributed by atoms with E-state index in [1.807, 2.05) is 0 Å². The van der Waals surface area contributed by atoms with Gasteiger partial charge in [0.1, 0.15) is 5.69 Å². The van der Waals surface area contributed by atoms with Crippen LogP contribution in [0, 0.1) is 0 Å². The Balaban J connectivity index is 3.16. The summed E-state index contributed by atoms with van der Waals surface area (Å²) in [6, 6.07) is 2.18. The van der Waals surface area contributed by atoms with Crippen LogP contribution in [-0.2, 0) is 11.5 Å². The molecule has 0 saturated carbocycles. The molecule has 0 unspecified atom stereocenters. The molecule has 13 heavy (non-hydrogen) atoms. The maximum atomic E-state index is 12.1. The van der Waals surface area contributed by atoms with Gasteiger partial charge in [-0.3, -0.25) is 0 Å². The molecular weight excluding hydrogens is 270 g/mol. The first-order chi connectivity index (χ1) is 5.93. The van der Waals surface area contributed by atoms with Gasteiger partial charge >= 0.3 is 6.18 Å². The molecule has 0 amide bonds. The van der Waals surface area contributed by atoms with Gasteiger partial charge in [-0.2, -0.15) is 13.2 Å². The van der Waals surface area contributed by atoms with Crippen LogP contribution in [-0.4, -0.2) is 4.98 Å². The van der Waals surface area contributed by atoms with Crippen LogP contribution in [0.1, 0.15) is 11.4 Å². The summed E-state index contributed by atoms with van der Waals surface area (Å²) in [5.41, 5.74) is -0.700. The van der Waals surface area contributed by atoms with Gasteiger partial charge in [-0.05, 0) is 12.1 Å². The number of pyridine rings is 1. The van der Waals surface area contributed by atoms with Crippen molar-refractivity contribution in [1.82, 2.24) is 4.98 Å². The second kappa shape index (κ2) is 3.84. The molecule has 0 saturated heterocycles. The topological polar surface area (TPSA) is 12.9 Å². The van der Waals surface area contributed by atoms with E-state index < -0.39 is 11.9 Å². The quantitative estimate of drug-likeness (QED) is 0.712. The number of aromatic nitrogens is 1. The lowest BCUT2D eigenvalue weighted by molar-refractivity contribution is -0.141. The lowest BCUT2D eigenvalue weighted by Gasteiger charge is -2.07. The van der Waals surface area contributed by atoms with E-state index in [2.05, 4.69) is 20.9 Å². The van der Waals surface area contributed by atoms with Crippen LogP contribution < -0.4 is 0 Å². The number of alkyl halides is 4. The minimum absolute atomic E-state index is 0.0387. The fourth-order valence-corrected chi connectivity index (χ4v) is 1.28. The van der Waals surface area contributed by atoms with Crippen LogP contribution in [0.5, 0.6) is 0 Å². The molecule has 0 atom stereocenters. The fourth-order valence-electron chi connectivity index (χ4n) is 0.764. The summed E-state index contributed by atoms with van der Waals surface area (Å²) in [4.78, 5) is 3.37. The Hall–Kier alpha value is -0.290. The minimum Gasteiger partial charge on any atom is -0.247 e. The van der Waals surface area contributed by atoms with Crippen molar-refractivity contribution < 1.29 is 13.2 Å². The second-order valence-electron chi connectivity index (χ2n) is 2.29. The van der Waals surface area contributed by atoms with Gasteiger partial charge < -0.3 is 0 Å². The van der Waals surface area contributed by atoms with Crippen molar-refractivity contribution in [2.75, 3.05) is 0 Å². The van der Waals surface area contributed by atoms with Crippen molar-refractivity contribution in [1.29, 1.82) is 0 Å². The molecule has 1 aromatic rings. The van der Waals surface area contributed by atoms with E-state index in [1.165, 1.54) is 6.07 Å². The second-order valence-corrected chi connectivity index (χ2v) is 3.29. The standard InChI is InChI=1S/C7H4BrClF3N/c8-3-5-1-4(9)2-6(13-5)7(10,11)12/h1-2H,3H2. The van der Waals surface area contributed by atoms with E-state index in [9.17, 15) is 13.2 Å². The van der Waals surface area contributed by atoms with Crippen LogP contribution in [0.15, 0.2) is 12.1 Å². The highest BCUT2D eigenvalue weighted by atomic mass is 79.9. The van der Waals surface area contributed by atoms with Crippen LogP contribution in [0.2, 0.25) is 5.02 Å². The molecule has 0 aliphatic rings. The number of halogens is 5. The first kappa shape index (κ1) is 10.8. The molecule has 0 fully saturated rings. The third-order valence-electron chi connectivity index (χ3n) is 1.27. The largest absolute Gasteiger partial charge is 0.433 e. The highest BCUT2D eigenvalue weighted by molar-refractivity contribution is 9.08. The van der Waals surface area contributed by atoms with Crippen LogP contribution in [0.25, 0.3) is 0 Å². The maximum Gasteiger partial charge on any atom is 0.433 e. The van der Waals surface area contributed by atoms with Gasteiger partial charge in [0.15, 0.2) is 0 Å². The zero-order valence-electron chi connectivity index (χ0n) is 6.20. The third-order valence-corrected chi connectivity index (χ3v) is 2.06. The monoisotopic (exact) mass is 273 g/mol.